The fraction of sp³-hybridized carbons (Fsp3) is 0.353. The Labute approximate surface area is 143 Å². The molecule has 2 atom stereocenters. The van der Waals surface area contributed by atoms with E-state index in [1.165, 1.54) is 22.3 Å². The van der Waals surface area contributed by atoms with Crippen LogP contribution in [0.2, 0.25) is 0 Å². The summed E-state index contributed by atoms with van der Waals surface area (Å²) in [6.07, 6.45) is 2.35. The lowest BCUT2D eigenvalue weighted by Crippen LogP contribution is -2.44. The maximum atomic E-state index is 14.3. The van der Waals surface area contributed by atoms with E-state index < -0.39 is 17.8 Å². The van der Waals surface area contributed by atoms with E-state index in [2.05, 4.69) is 10.3 Å². The molecule has 0 aliphatic carbocycles. The number of anilines is 1. The summed E-state index contributed by atoms with van der Waals surface area (Å²) < 4.78 is 14.3. The average molecular weight is 347 g/mol. The number of thiazole rings is 1. The van der Waals surface area contributed by atoms with E-state index in [1.807, 2.05) is 6.92 Å². The second-order valence-corrected chi connectivity index (χ2v) is 7.12. The zero-order valence-corrected chi connectivity index (χ0v) is 14.3. The van der Waals surface area contributed by atoms with Gasteiger partial charge in [-0.3, -0.25) is 9.59 Å². The molecule has 1 aromatic carbocycles. The normalized spacial score (nSPS) is 21.0. The Hall–Kier alpha value is -2.28. The Kier molecular flexibility index (Phi) is 4.62. The van der Waals surface area contributed by atoms with Gasteiger partial charge in [-0.2, -0.15) is 0 Å². The first-order valence-corrected chi connectivity index (χ1v) is 8.52. The number of hydrogen-bond donors (Lipinski definition) is 1. The van der Waals surface area contributed by atoms with Crippen LogP contribution >= 0.6 is 11.3 Å². The number of piperidine rings is 1. The number of nitrogens with zero attached hydrogens (tertiary/aromatic N) is 2. The van der Waals surface area contributed by atoms with E-state index in [0.717, 1.165) is 4.88 Å². The highest BCUT2D eigenvalue weighted by atomic mass is 32.1. The predicted octanol–water partition coefficient (Wildman–Crippen LogP) is 3.14. The molecule has 2 aromatic rings. The third-order valence-electron chi connectivity index (χ3n) is 4.27. The Morgan fingerprint density at radius 1 is 1.42 bits per heavy atom. The van der Waals surface area contributed by atoms with Gasteiger partial charge in [-0.1, -0.05) is 18.2 Å². The lowest BCUT2D eigenvalue weighted by Gasteiger charge is -2.38. The van der Waals surface area contributed by atoms with Gasteiger partial charge < -0.3 is 10.2 Å². The standard InChI is InChI=1S/C17H18FN3O2S/c1-10-9-19-17(24-10)20-16(23)12-7-8-14(22)21(2)15(12)11-5-3-4-6-13(11)18/h3-6,9,12,15H,7-8H2,1-2H3,(H,19,20,23)/t12-,15+/m1/s1. The highest BCUT2D eigenvalue weighted by Gasteiger charge is 2.40. The van der Waals surface area contributed by atoms with E-state index in [0.29, 0.717) is 17.1 Å². The van der Waals surface area contributed by atoms with Gasteiger partial charge in [0.2, 0.25) is 11.8 Å². The number of aromatic nitrogens is 1. The summed E-state index contributed by atoms with van der Waals surface area (Å²) in [4.78, 5) is 31.4. The molecule has 0 radical (unpaired) electrons. The maximum absolute atomic E-state index is 14.3. The third kappa shape index (κ3) is 3.17. The van der Waals surface area contributed by atoms with Crippen LogP contribution in [0.15, 0.2) is 30.5 Å². The Morgan fingerprint density at radius 2 is 2.17 bits per heavy atom. The molecule has 126 valence electrons. The van der Waals surface area contributed by atoms with E-state index in [-0.39, 0.29) is 18.2 Å². The van der Waals surface area contributed by atoms with Gasteiger partial charge in [0.1, 0.15) is 5.82 Å². The molecule has 1 N–H and O–H groups in total. The van der Waals surface area contributed by atoms with Gasteiger partial charge in [-0.25, -0.2) is 9.37 Å². The molecule has 0 saturated carbocycles. The van der Waals surface area contributed by atoms with Crippen LogP contribution in [-0.2, 0) is 9.59 Å². The number of carbonyl (C=O) groups is 2. The molecule has 1 aliphatic heterocycles. The van der Waals surface area contributed by atoms with Crippen molar-refractivity contribution in [1.29, 1.82) is 0 Å². The van der Waals surface area contributed by atoms with Crippen LogP contribution in [0.1, 0.15) is 29.3 Å². The van der Waals surface area contributed by atoms with Crippen molar-refractivity contribution in [2.24, 2.45) is 5.92 Å². The highest BCUT2D eigenvalue weighted by molar-refractivity contribution is 7.15. The summed E-state index contributed by atoms with van der Waals surface area (Å²) in [5, 5.41) is 3.31. The first kappa shape index (κ1) is 16.6. The molecule has 7 heteroatoms. The molecular weight excluding hydrogens is 329 g/mol. The van der Waals surface area contributed by atoms with Gasteiger partial charge in [-0.15, -0.1) is 11.3 Å². The number of nitrogens with one attached hydrogen (secondary N) is 1. The Balaban J connectivity index is 1.90. The number of rotatable bonds is 3. The summed E-state index contributed by atoms with van der Waals surface area (Å²) in [6.45, 7) is 1.91. The molecule has 2 heterocycles. The molecule has 1 aromatic heterocycles. The van der Waals surface area contributed by atoms with Crippen molar-refractivity contribution in [2.45, 2.75) is 25.8 Å². The smallest absolute Gasteiger partial charge is 0.231 e. The number of carbonyl (C=O) groups excluding carboxylic acids is 2. The second-order valence-electron chi connectivity index (χ2n) is 5.88. The van der Waals surface area contributed by atoms with Crippen LogP contribution < -0.4 is 5.32 Å². The summed E-state index contributed by atoms with van der Waals surface area (Å²) in [6, 6.07) is 5.67. The minimum atomic E-state index is -0.617. The highest BCUT2D eigenvalue weighted by Crippen LogP contribution is 2.37. The number of halogens is 1. The van der Waals surface area contributed by atoms with Gasteiger partial charge in [0.05, 0.1) is 12.0 Å². The maximum Gasteiger partial charge on any atom is 0.231 e. The number of benzene rings is 1. The number of amides is 2. The first-order chi connectivity index (χ1) is 11.5. The second kappa shape index (κ2) is 6.68. The fourth-order valence-corrected chi connectivity index (χ4v) is 3.73. The number of aryl methyl sites for hydroxylation is 1. The molecule has 2 amide bonds. The summed E-state index contributed by atoms with van der Waals surface area (Å²) in [5.41, 5.74) is 0.364. The Bertz CT molecular complexity index is 777. The van der Waals surface area contributed by atoms with Gasteiger partial charge in [0.25, 0.3) is 0 Å². The molecule has 0 unspecified atom stereocenters. The molecule has 0 bridgehead atoms. The largest absolute Gasteiger partial charge is 0.338 e. The monoisotopic (exact) mass is 347 g/mol. The summed E-state index contributed by atoms with van der Waals surface area (Å²) >= 11 is 1.38. The average Bonchev–Trinajstić information content (AvgIpc) is 2.95. The van der Waals surface area contributed by atoms with Crippen molar-refractivity contribution in [2.75, 3.05) is 12.4 Å². The molecule has 24 heavy (non-hydrogen) atoms. The van der Waals surface area contributed by atoms with Crippen molar-refractivity contribution in [3.63, 3.8) is 0 Å². The van der Waals surface area contributed by atoms with Crippen LogP contribution in [0.5, 0.6) is 0 Å². The summed E-state index contributed by atoms with van der Waals surface area (Å²) in [5.74, 6) is -1.25. The van der Waals surface area contributed by atoms with E-state index in [4.69, 9.17) is 0 Å². The SMILES string of the molecule is Cc1cnc(NC(=O)[C@@H]2CCC(=O)N(C)[C@H]2c2ccccc2F)s1. The van der Waals surface area contributed by atoms with Crippen molar-refractivity contribution in [3.8, 4) is 0 Å². The van der Waals surface area contributed by atoms with Gasteiger partial charge in [0, 0.05) is 30.1 Å². The lowest BCUT2D eigenvalue weighted by molar-refractivity contribution is -0.140. The van der Waals surface area contributed by atoms with Crippen molar-refractivity contribution in [3.05, 3.63) is 46.7 Å². The molecule has 0 spiro atoms. The van der Waals surface area contributed by atoms with Crippen LogP contribution in [0, 0.1) is 18.7 Å². The van der Waals surface area contributed by atoms with E-state index >= 15 is 0 Å². The first-order valence-electron chi connectivity index (χ1n) is 7.70. The van der Waals surface area contributed by atoms with Crippen molar-refractivity contribution < 1.29 is 14.0 Å². The van der Waals surface area contributed by atoms with Crippen LogP contribution in [0.3, 0.4) is 0 Å². The molecule has 3 rings (SSSR count). The Morgan fingerprint density at radius 3 is 2.83 bits per heavy atom. The number of likely N-dealkylation sites (tertiary alicyclic amines) is 1. The minimum Gasteiger partial charge on any atom is -0.338 e. The molecule has 1 aliphatic rings. The molecule has 1 saturated heterocycles. The van der Waals surface area contributed by atoms with Crippen molar-refractivity contribution in [1.82, 2.24) is 9.88 Å². The van der Waals surface area contributed by atoms with Gasteiger partial charge >= 0.3 is 0 Å². The predicted molar refractivity (Wildman–Crippen MR) is 90.1 cm³/mol. The van der Waals surface area contributed by atoms with Crippen LogP contribution in [-0.4, -0.2) is 28.7 Å². The topological polar surface area (TPSA) is 62.3 Å². The van der Waals surface area contributed by atoms with Gasteiger partial charge in [-0.05, 0) is 19.4 Å². The van der Waals surface area contributed by atoms with E-state index in [1.54, 1.807) is 31.4 Å². The van der Waals surface area contributed by atoms with Crippen LogP contribution in [0.4, 0.5) is 9.52 Å². The zero-order chi connectivity index (χ0) is 17.3. The minimum absolute atomic E-state index is 0.0857. The van der Waals surface area contributed by atoms with Gasteiger partial charge in [0.15, 0.2) is 5.13 Å². The summed E-state index contributed by atoms with van der Waals surface area (Å²) in [7, 11) is 1.62. The quantitative estimate of drug-likeness (QED) is 0.928. The third-order valence-corrected chi connectivity index (χ3v) is 5.10. The molecule has 1 fully saturated rings. The van der Waals surface area contributed by atoms with E-state index in [9.17, 15) is 14.0 Å². The molecular formula is C17H18FN3O2S. The lowest BCUT2D eigenvalue weighted by atomic mass is 9.84. The molecule has 5 nitrogen and oxygen atoms in total. The zero-order valence-electron chi connectivity index (χ0n) is 13.5. The fourth-order valence-electron chi connectivity index (χ4n) is 3.06. The van der Waals surface area contributed by atoms with Crippen LogP contribution in [0.25, 0.3) is 0 Å². The number of hydrogen-bond acceptors (Lipinski definition) is 4. The van der Waals surface area contributed by atoms with Crippen molar-refractivity contribution >= 4 is 28.3 Å².